The average molecular weight is 444 g/mol. The van der Waals surface area contributed by atoms with Gasteiger partial charge in [0.15, 0.2) is 0 Å². The van der Waals surface area contributed by atoms with Crippen molar-refractivity contribution in [3.63, 3.8) is 0 Å². The Kier molecular flexibility index (Phi) is 8.10. The van der Waals surface area contributed by atoms with Crippen molar-refractivity contribution in [2.24, 2.45) is 11.7 Å². The topological polar surface area (TPSA) is 134 Å². The van der Waals surface area contributed by atoms with E-state index < -0.39 is 29.9 Å². The predicted molar refractivity (Wildman–Crippen MR) is 117 cm³/mol. The van der Waals surface area contributed by atoms with Crippen LogP contribution in [-0.4, -0.2) is 40.9 Å². The molecule has 0 aliphatic rings. The molecule has 31 heavy (non-hydrogen) atoms. The third-order valence-corrected chi connectivity index (χ3v) is 6.10. The first-order valence-corrected chi connectivity index (χ1v) is 10.6. The molecule has 3 rings (SSSR count). The van der Waals surface area contributed by atoms with Crippen LogP contribution in [0.2, 0.25) is 0 Å². The molecule has 1 heterocycles. The molecule has 0 fully saturated rings. The molecule has 0 saturated heterocycles. The van der Waals surface area contributed by atoms with Gasteiger partial charge in [0, 0.05) is 16.0 Å². The number of amides is 2. The Balaban J connectivity index is 1.77. The molecule has 2 amide bonds. The molecular formula is C22H25N3O5S. The molecule has 2 aromatic carbocycles. The van der Waals surface area contributed by atoms with Crippen molar-refractivity contribution in [1.82, 2.24) is 11.0 Å². The summed E-state index contributed by atoms with van der Waals surface area (Å²) in [5.74, 6) is -2.11. The molecular weight excluding hydrogens is 418 g/mol. The lowest BCUT2D eigenvalue weighted by atomic mass is 9.95. The van der Waals surface area contributed by atoms with E-state index in [4.69, 9.17) is 10.9 Å². The van der Waals surface area contributed by atoms with Gasteiger partial charge in [0.1, 0.15) is 6.04 Å². The maximum atomic E-state index is 13.1. The fourth-order valence-corrected chi connectivity index (χ4v) is 4.47. The van der Waals surface area contributed by atoms with Crippen LogP contribution in [0.25, 0.3) is 10.1 Å². The number of nitrogens with two attached hydrogens (primary N) is 1. The molecule has 9 heteroatoms. The summed E-state index contributed by atoms with van der Waals surface area (Å²) in [5, 5.41) is 22.9. The van der Waals surface area contributed by atoms with Gasteiger partial charge in [-0.2, -0.15) is 0 Å². The van der Waals surface area contributed by atoms with Crippen LogP contribution in [0.5, 0.6) is 0 Å². The Morgan fingerprint density at radius 1 is 1.06 bits per heavy atom. The molecule has 3 aromatic rings. The summed E-state index contributed by atoms with van der Waals surface area (Å²) in [6.07, 6.45) is -0.754. The number of aliphatic hydroxyl groups is 1. The van der Waals surface area contributed by atoms with E-state index in [1.165, 1.54) is 17.0 Å². The first kappa shape index (κ1) is 22.9. The average Bonchev–Trinajstić information content (AvgIpc) is 3.18. The second kappa shape index (κ2) is 11.0. The van der Waals surface area contributed by atoms with Gasteiger partial charge in [-0.25, -0.2) is 0 Å². The Bertz CT molecular complexity index is 978. The second-order valence-electron chi connectivity index (χ2n) is 7.18. The van der Waals surface area contributed by atoms with Gasteiger partial charge in [-0.3, -0.25) is 19.6 Å². The van der Waals surface area contributed by atoms with Crippen molar-refractivity contribution >= 4 is 33.2 Å². The summed E-state index contributed by atoms with van der Waals surface area (Å²) in [5.41, 5.74) is 7.87. The zero-order valence-corrected chi connectivity index (χ0v) is 17.5. The first-order chi connectivity index (χ1) is 15.0. The lowest BCUT2D eigenvalue weighted by Crippen LogP contribution is -2.50. The van der Waals surface area contributed by atoms with Crippen molar-refractivity contribution in [1.29, 1.82) is 0 Å². The number of primary amides is 1. The summed E-state index contributed by atoms with van der Waals surface area (Å²) < 4.78 is 1.07. The molecule has 0 bridgehead atoms. The summed E-state index contributed by atoms with van der Waals surface area (Å²) in [4.78, 5) is 30.6. The number of nitrogens with one attached hydrogen (secondary N) is 2. The van der Waals surface area contributed by atoms with Crippen LogP contribution in [0.4, 0.5) is 0 Å². The number of hydrogen-bond donors (Lipinski definition) is 5. The second-order valence-corrected chi connectivity index (χ2v) is 8.35. The van der Waals surface area contributed by atoms with Crippen molar-refractivity contribution in [3.05, 3.63) is 71.1 Å². The number of hydrogen-bond acceptors (Lipinski definition) is 7. The summed E-state index contributed by atoms with van der Waals surface area (Å²) >= 11 is 1.52. The van der Waals surface area contributed by atoms with Crippen molar-refractivity contribution < 1.29 is 24.7 Å². The van der Waals surface area contributed by atoms with Crippen LogP contribution in [0, 0.1) is 5.92 Å². The standard InChI is InChI=1S/C22H25N3O5S/c23-21(27)18(10-14-6-2-1-3-7-14)24-22(28)17(19(26)13-30-25-29)12-16-11-15-8-4-5-9-20(15)31-16/h1-9,11,17-19,25-26,29H,10,12-13H2,(H2,23,27)(H,24,28)/t17-,18+,19?/m1/s1. The maximum Gasteiger partial charge on any atom is 0.240 e. The van der Waals surface area contributed by atoms with Crippen LogP contribution < -0.4 is 16.7 Å². The Labute approximate surface area is 183 Å². The quantitative estimate of drug-likeness (QED) is 0.286. The lowest BCUT2D eigenvalue weighted by Gasteiger charge is -2.24. The van der Waals surface area contributed by atoms with Gasteiger partial charge >= 0.3 is 0 Å². The minimum absolute atomic E-state index is 0.234. The smallest absolute Gasteiger partial charge is 0.240 e. The van der Waals surface area contributed by atoms with E-state index in [1.807, 2.05) is 60.7 Å². The molecule has 0 saturated carbocycles. The van der Waals surface area contributed by atoms with Crippen LogP contribution >= 0.6 is 11.3 Å². The molecule has 1 unspecified atom stereocenters. The van der Waals surface area contributed by atoms with Crippen LogP contribution in [0.3, 0.4) is 0 Å². The van der Waals surface area contributed by atoms with Gasteiger partial charge in [-0.05, 0) is 29.5 Å². The number of fused-ring (bicyclic) bond motifs is 1. The van der Waals surface area contributed by atoms with Crippen LogP contribution in [0.15, 0.2) is 60.7 Å². The minimum atomic E-state index is -1.23. The Morgan fingerprint density at radius 2 is 1.77 bits per heavy atom. The van der Waals surface area contributed by atoms with Gasteiger partial charge in [0.25, 0.3) is 0 Å². The highest BCUT2D eigenvalue weighted by molar-refractivity contribution is 7.19. The van der Waals surface area contributed by atoms with Gasteiger partial charge in [-0.15, -0.1) is 11.3 Å². The highest BCUT2D eigenvalue weighted by Gasteiger charge is 2.31. The first-order valence-electron chi connectivity index (χ1n) is 9.78. The third-order valence-electron chi connectivity index (χ3n) is 4.96. The summed E-state index contributed by atoms with van der Waals surface area (Å²) in [6.45, 7) is -0.320. The van der Waals surface area contributed by atoms with Gasteiger partial charge in [-0.1, -0.05) is 54.2 Å². The number of rotatable bonds is 11. The van der Waals surface area contributed by atoms with E-state index in [1.54, 1.807) is 0 Å². The number of carbonyl (C=O) groups is 2. The van der Waals surface area contributed by atoms with E-state index in [2.05, 4.69) is 10.2 Å². The molecule has 164 valence electrons. The molecule has 0 aliphatic carbocycles. The van der Waals surface area contributed by atoms with Crippen LogP contribution in [0.1, 0.15) is 10.4 Å². The van der Waals surface area contributed by atoms with E-state index in [0.717, 1.165) is 20.5 Å². The molecule has 0 spiro atoms. The van der Waals surface area contributed by atoms with E-state index in [-0.39, 0.29) is 19.4 Å². The molecule has 0 radical (unpaired) electrons. The number of thiophene rings is 1. The molecule has 1 aromatic heterocycles. The maximum absolute atomic E-state index is 13.1. The Hall–Kier alpha value is -2.82. The fourth-order valence-electron chi connectivity index (χ4n) is 3.35. The Morgan fingerprint density at radius 3 is 2.45 bits per heavy atom. The van der Waals surface area contributed by atoms with Crippen molar-refractivity contribution in [2.75, 3.05) is 6.61 Å². The highest BCUT2D eigenvalue weighted by Crippen LogP contribution is 2.28. The molecule has 0 aliphatic heterocycles. The lowest BCUT2D eigenvalue weighted by molar-refractivity contribution is -0.158. The summed E-state index contributed by atoms with van der Waals surface area (Å²) in [7, 11) is 0. The molecule has 8 nitrogen and oxygen atoms in total. The van der Waals surface area contributed by atoms with E-state index in [9.17, 15) is 14.7 Å². The van der Waals surface area contributed by atoms with Gasteiger partial charge < -0.3 is 16.2 Å². The predicted octanol–water partition coefficient (Wildman–Crippen LogP) is 1.54. The van der Waals surface area contributed by atoms with E-state index in [0.29, 0.717) is 0 Å². The van der Waals surface area contributed by atoms with Gasteiger partial charge in [0.05, 0.1) is 18.6 Å². The monoisotopic (exact) mass is 443 g/mol. The molecule has 3 atom stereocenters. The fraction of sp³-hybridized carbons (Fsp3) is 0.273. The summed E-state index contributed by atoms with van der Waals surface area (Å²) in [6, 6.07) is 18.1. The largest absolute Gasteiger partial charge is 0.390 e. The van der Waals surface area contributed by atoms with Crippen molar-refractivity contribution in [2.45, 2.75) is 25.0 Å². The zero-order chi connectivity index (χ0) is 22.2. The molecule has 6 N–H and O–H groups in total. The normalized spacial score (nSPS) is 14.1. The highest BCUT2D eigenvalue weighted by atomic mass is 32.1. The SMILES string of the molecule is NC(=O)[C@H](Cc1ccccc1)NC(=O)[C@H](Cc1cc2ccccc2s1)C(O)CONO. The van der Waals surface area contributed by atoms with Gasteiger partial charge in [0.2, 0.25) is 11.8 Å². The third kappa shape index (κ3) is 6.33. The number of benzene rings is 2. The van der Waals surface area contributed by atoms with Crippen molar-refractivity contribution in [3.8, 4) is 0 Å². The van der Waals surface area contributed by atoms with E-state index >= 15 is 0 Å². The zero-order valence-electron chi connectivity index (χ0n) is 16.7. The minimum Gasteiger partial charge on any atom is -0.390 e. The number of aliphatic hydroxyl groups excluding tert-OH is 1. The van der Waals surface area contributed by atoms with Crippen LogP contribution in [-0.2, 0) is 27.3 Å². The number of carbonyl (C=O) groups excluding carboxylic acids is 2.